The Kier molecular flexibility index (Phi) is 6.39. The Hall–Kier alpha value is -1.23. The molecule has 9 nitrogen and oxygen atoms in total. The van der Waals surface area contributed by atoms with Gasteiger partial charge in [-0.05, 0) is 32.6 Å². The van der Waals surface area contributed by atoms with E-state index in [1.807, 2.05) is 6.92 Å². The third kappa shape index (κ3) is 5.40. The molecular formula is C17H31N5O4S. The molecule has 3 rings (SSSR count). The molecule has 3 aliphatic heterocycles. The molecule has 2 amide bonds. The van der Waals surface area contributed by atoms with E-state index in [-0.39, 0.29) is 36.1 Å². The van der Waals surface area contributed by atoms with Crippen molar-refractivity contribution in [3.8, 4) is 0 Å². The van der Waals surface area contributed by atoms with Crippen molar-refractivity contribution in [2.75, 3.05) is 32.4 Å². The van der Waals surface area contributed by atoms with Gasteiger partial charge in [-0.3, -0.25) is 19.8 Å². The van der Waals surface area contributed by atoms with Gasteiger partial charge in [0.1, 0.15) is 6.29 Å². The molecular weight excluding hydrogens is 370 g/mol. The normalized spacial score (nSPS) is 30.1. The van der Waals surface area contributed by atoms with Crippen molar-refractivity contribution in [3.63, 3.8) is 0 Å². The average Bonchev–Trinajstić information content (AvgIpc) is 2.61. The molecule has 27 heavy (non-hydrogen) atoms. The van der Waals surface area contributed by atoms with E-state index in [9.17, 15) is 18.0 Å². The second-order valence-electron chi connectivity index (χ2n) is 8.00. The van der Waals surface area contributed by atoms with E-state index in [2.05, 4.69) is 20.9 Å². The minimum atomic E-state index is -3.17. The Labute approximate surface area is 161 Å². The van der Waals surface area contributed by atoms with Crippen molar-refractivity contribution in [2.45, 2.75) is 57.4 Å². The zero-order valence-corrected chi connectivity index (χ0v) is 16.9. The van der Waals surface area contributed by atoms with Crippen LogP contribution in [0, 0.1) is 5.92 Å². The molecule has 154 valence electrons. The highest BCUT2D eigenvalue weighted by Crippen LogP contribution is 2.21. The Morgan fingerprint density at radius 1 is 1.11 bits per heavy atom. The second kappa shape index (κ2) is 8.42. The number of likely N-dealkylation sites (tertiary alicyclic amines) is 1. The van der Waals surface area contributed by atoms with Gasteiger partial charge in [0, 0.05) is 50.6 Å². The molecule has 2 unspecified atom stereocenters. The van der Waals surface area contributed by atoms with E-state index in [0.29, 0.717) is 32.4 Å². The minimum absolute atomic E-state index is 0.0410. The summed E-state index contributed by atoms with van der Waals surface area (Å²) in [4.78, 5) is 26.5. The van der Waals surface area contributed by atoms with Crippen molar-refractivity contribution in [1.82, 2.24) is 25.2 Å². The van der Waals surface area contributed by atoms with Crippen molar-refractivity contribution in [2.24, 2.45) is 5.92 Å². The number of nitrogens with one attached hydrogen (secondary N) is 3. The molecule has 0 aromatic carbocycles. The zero-order valence-electron chi connectivity index (χ0n) is 16.1. The van der Waals surface area contributed by atoms with Crippen molar-refractivity contribution >= 4 is 21.8 Å². The molecule has 0 aromatic heterocycles. The highest BCUT2D eigenvalue weighted by Gasteiger charge is 2.33. The van der Waals surface area contributed by atoms with Gasteiger partial charge in [-0.2, -0.15) is 0 Å². The predicted molar refractivity (Wildman–Crippen MR) is 101 cm³/mol. The first-order valence-corrected chi connectivity index (χ1v) is 11.6. The minimum Gasteiger partial charge on any atom is -0.353 e. The van der Waals surface area contributed by atoms with E-state index in [1.165, 1.54) is 10.6 Å². The number of amides is 2. The zero-order chi connectivity index (χ0) is 19.6. The van der Waals surface area contributed by atoms with E-state index < -0.39 is 10.0 Å². The molecule has 10 heteroatoms. The van der Waals surface area contributed by atoms with Gasteiger partial charge in [-0.15, -0.1) is 0 Å². The monoisotopic (exact) mass is 401 g/mol. The SMILES string of the molecule is CC1CC(=O)NC(N2CCC(NC(=O)C3CCN(S(C)(=O)=O)CC3)CC2)N1. The van der Waals surface area contributed by atoms with E-state index >= 15 is 0 Å². The molecule has 3 saturated heterocycles. The number of rotatable bonds is 4. The Bertz CT molecular complexity index is 654. The second-order valence-corrected chi connectivity index (χ2v) is 9.98. The highest BCUT2D eigenvalue weighted by atomic mass is 32.2. The lowest BCUT2D eigenvalue weighted by Crippen LogP contribution is -2.65. The number of hydrogen-bond donors (Lipinski definition) is 3. The number of nitrogens with zero attached hydrogens (tertiary/aromatic N) is 2. The van der Waals surface area contributed by atoms with E-state index in [1.54, 1.807) is 0 Å². The van der Waals surface area contributed by atoms with Gasteiger partial charge >= 0.3 is 0 Å². The molecule has 0 aliphatic carbocycles. The Balaban J connectivity index is 1.41. The van der Waals surface area contributed by atoms with Crippen LogP contribution in [-0.4, -0.2) is 80.2 Å². The highest BCUT2D eigenvalue weighted by molar-refractivity contribution is 7.88. The number of piperidine rings is 2. The van der Waals surface area contributed by atoms with Crippen LogP contribution in [0.25, 0.3) is 0 Å². The molecule has 0 saturated carbocycles. The number of carbonyl (C=O) groups excluding carboxylic acids is 2. The first kappa shape index (κ1) is 20.5. The summed E-state index contributed by atoms with van der Waals surface area (Å²) in [6.45, 7) is 4.46. The third-order valence-corrected chi connectivity index (χ3v) is 7.07. The molecule has 3 heterocycles. The molecule has 2 atom stereocenters. The molecule has 3 N–H and O–H groups in total. The lowest BCUT2D eigenvalue weighted by Gasteiger charge is -2.41. The summed E-state index contributed by atoms with van der Waals surface area (Å²) in [5.74, 6) is 0.00241. The standard InChI is InChI=1S/C17H31N5O4S/c1-12-11-15(23)20-17(18-12)21-7-5-14(6-8-21)19-16(24)13-3-9-22(10-4-13)27(2,25)26/h12-14,17-18H,3-11H2,1-2H3,(H,19,24)(H,20,23). The summed E-state index contributed by atoms with van der Waals surface area (Å²) in [6, 6.07) is 0.303. The van der Waals surface area contributed by atoms with Gasteiger partial charge in [0.05, 0.1) is 6.26 Å². The summed E-state index contributed by atoms with van der Waals surface area (Å²) < 4.78 is 24.6. The molecule has 0 spiro atoms. The van der Waals surface area contributed by atoms with Crippen LogP contribution < -0.4 is 16.0 Å². The van der Waals surface area contributed by atoms with Crippen LogP contribution >= 0.6 is 0 Å². The summed E-state index contributed by atoms with van der Waals surface area (Å²) in [5, 5.41) is 9.51. The maximum absolute atomic E-state index is 12.5. The smallest absolute Gasteiger partial charge is 0.223 e. The fraction of sp³-hybridized carbons (Fsp3) is 0.882. The van der Waals surface area contributed by atoms with Crippen molar-refractivity contribution < 1.29 is 18.0 Å². The van der Waals surface area contributed by atoms with Gasteiger partial charge in [-0.25, -0.2) is 12.7 Å². The fourth-order valence-electron chi connectivity index (χ4n) is 4.13. The first-order valence-electron chi connectivity index (χ1n) is 9.77. The van der Waals surface area contributed by atoms with Crippen LogP contribution in [0.5, 0.6) is 0 Å². The van der Waals surface area contributed by atoms with Crippen molar-refractivity contribution in [1.29, 1.82) is 0 Å². The molecule has 0 bridgehead atoms. The van der Waals surface area contributed by atoms with Crippen LogP contribution in [0.2, 0.25) is 0 Å². The molecule has 0 radical (unpaired) electrons. The van der Waals surface area contributed by atoms with Crippen molar-refractivity contribution in [3.05, 3.63) is 0 Å². The Morgan fingerprint density at radius 2 is 1.74 bits per heavy atom. The summed E-state index contributed by atoms with van der Waals surface area (Å²) >= 11 is 0. The topological polar surface area (TPSA) is 111 Å². The van der Waals surface area contributed by atoms with E-state index in [0.717, 1.165) is 25.9 Å². The number of sulfonamides is 1. The molecule has 0 aromatic rings. The number of carbonyl (C=O) groups is 2. The van der Waals surface area contributed by atoms with E-state index in [4.69, 9.17) is 0 Å². The average molecular weight is 402 g/mol. The molecule has 3 aliphatic rings. The molecule has 3 fully saturated rings. The maximum atomic E-state index is 12.5. The summed E-state index contributed by atoms with van der Waals surface area (Å²) in [7, 11) is -3.17. The van der Waals surface area contributed by atoms with Crippen LogP contribution in [0.4, 0.5) is 0 Å². The van der Waals surface area contributed by atoms with Gasteiger partial charge in [0.2, 0.25) is 21.8 Å². The van der Waals surface area contributed by atoms with Gasteiger partial charge < -0.3 is 10.6 Å². The first-order chi connectivity index (χ1) is 12.7. The van der Waals surface area contributed by atoms with Gasteiger partial charge in [0.25, 0.3) is 0 Å². The van der Waals surface area contributed by atoms with Crippen LogP contribution in [0.15, 0.2) is 0 Å². The van der Waals surface area contributed by atoms with Crippen LogP contribution in [-0.2, 0) is 19.6 Å². The Morgan fingerprint density at radius 3 is 2.30 bits per heavy atom. The fourth-order valence-corrected chi connectivity index (χ4v) is 5.00. The van der Waals surface area contributed by atoms with Gasteiger partial charge in [0.15, 0.2) is 0 Å². The largest absolute Gasteiger partial charge is 0.353 e. The lowest BCUT2D eigenvalue weighted by atomic mass is 9.96. The quantitative estimate of drug-likeness (QED) is 0.558. The summed E-state index contributed by atoms with van der Waals surface area (Å²) in [6.07, 6.45) is 4.43. The maximum Gasteiger partial charge on any atom is 0.223 e. The van der Waals surface area contributed by atoms with Gasteiger partial charge in [-0.1, -0.05) is 0 Å². The van der Waals surface area contributed by atoms with Crippen LogP contribution in [0.3, 0.4) is 0 Å². The summed E-state index contributed by atoms with van der Waals surface area (Å²) in [5.41, 5.74) is 0. The lowest BCUT2D eigenvalue weighted by molar-refractivity contribution is -0.127. The third-order valence-electron chi connectivity index (χ3n) is 5.77. The van der Waals surface area contributed by atoms with Crippen LogP contribution in [0.1, 0.15) is 39.0 Å². The predicted octanol–water partition coefficient (Wildman–Crippen LogP) is -0.980. The number of hydrogen-bond acceptors (Lipinski definition) is 6.